The number of piperidine rings is 1. The number of methoxy groups -OCH3 is 1. The molecule has 0 aliphatic carbocycles. The van der Waals surface area contributed by atoms with Crippen LogP contribution in [-0.4, -0.2) is 62.0 Å². The number of benzene rings is 2. The summed E-state index contributed by atoms with van der Waals surface area (Å²) < 4.78 is 5.29. The molecule has 2 heterocycles. The Morgan fingerprint density at radius 2 is 1.79 bits per heavy atom. The van der Waals surface area contributed by atoms with Gasteiger partial charge in [0.1, 0.15) is 5.75 Å². The first-order chi connectivity index (χ1) is 16.0. The number of carbonyl (C=O) groups is 2. The van der Waals surface area contributed by atoms with Crippen LogP contribution in [-0.2, 0) is 4.79 Å². The molecule has 2 amide bonds. The van der Waals surface area contributed by atoms with Crippen LogP contribution in [0.5, 0.6) is 5.75 Å². The third-order valence-corrected chi connectivity index (χ3v) is 7.15. The van der Waals surface area contributed by atoms with Gasteiger partial charge in [-0.1, -0.05) is 37.3 Å². The standard InChI is InChI=1S/C27H35N3O3/c1-19-13-17-30(18-14-19)16-6-15-28-26(31)24-22-7-4-5-8-23(22)27(32)29(2)25(24)20-9-11-21(33-3)12-10-20/h4-5,7-12,19,24-25H,6,13-18H2,1-3H3,(H,28,31)/t24-,25-/m0/s1. The molecule has 2 aliphatic rings. The fourth-order valence-corrected chi connectivity index (χ4v) is 5.08. The van der Waals surface area contributed by atoms with E-state index in [2.05, 4.69) is 17.1 Å². The van der Waals surface area contributed by atoms with Crippen molar-refractivity contribution in [1.82, 2.24) is 15.1 Å². The number of likely N-dealkylation sites (tertiary alicyclic amines) is 1. The first-order valence-corrected chi connectivity index (χ1v) is 12.0. The van der Waals surface area contributed by atoms with Gasteiger partial charge in [-0.25, -0.2) is 0 Å². The van der Waals surface area contributed by atoms with Crippen molar-refractivity contribution in [3.63, 3.8) is 0 Å². The molecule has 176 valence electrons. The van der Waals surface area contributed by atoms with Crippen LogP contribution in [0.4, 0.5) is 0 Å². The lowest BCUT2D eigenvalue weighted by Gasteiger charge is -2.39. The van der Waals surface area contributed by atoms with Gasteiger partial charge in [-0.05, 0) is 74.1 Å². The summed E-state index contributed by atoms with van der Waals surface area (Å²) in [6, 6.07) is 14.8. The lowest BCUT2D eigenvalue weighted by molar-refractivity contribution is -0.124. The Kier molecular flexibility index (Phi) is 7.33. The molecule has 2 aliphatic heterocycles. The summed E-state index contributed by atoms with van der Waals surface area (Å²) >= 11 is 0. The number of rotatable bonds is 7. The van der Waals surface area contributed by atoms with Crippen LogP contribution >= 0.6 is 0 Å². The van der Waals surface area contributed by atoms with Crippen LogP contribution in [0.25, 0.3) is 0 Å². The van der Waals surface area contributed by atoms with Crippen molar-refractivity contribution in [2.45, 2.75) is 38.1 Å². The third-order valence-electron chi connectivity index (χ3n) is 7.15. The van der Waals surface area contributed by atoms with Gasteiger partial charge in [-0.15, -0.1) is 0 Å². The fourth-order valence-electron chi connectivity index (χ4n) is 5.08. The summed E-state index contributed by atoms with van der Waals surface area (Å²) in [5.41, 5.74) is 2.32. The Morgan fingerprint density at radius 3 is 2.48 bits per heavy atom. The average Bonchev–Trinajstić information content (AvgIpc) is 2.85. The van der Waals surface area contributed by atoms with Gasteiger partial charge in [0.05, 0.1) is 19.1 Å². The Hall–Kier alpha value is -2.86. The van der Waals surface area contributed by atoms with Crippen LogP contribution in [0, 0.1) is 5.92 Å². The predicted octanol–water partition coefficient (Wildman–Crippen LogP) is 3.84. The minimum atomic E-state index is -0.465. The first-order valence-electron chi connectivity index (χ1n) is 12.0. The van der Waals surface area contributed by atoms with Gasteiger partial charge in [-0.2, -0.15) is 0 Å². The Balaban J connectivity index is 1.50. The molecule has 1 fully saturated rings. The number of fused-ring (bicyclic) bond motifs is 1. The van der Waals surface area contributed by atoms with Crippen molar-refractivity contribution in [3.8, 4) is 5.75 Å². The second-order valence-corrected chi connectivity index (χ2v) is 9.37. The maximum atomic E-state index is 13.5. The van der Waals surface area contributed by atoms with E-state index in [9.17, 15) is 9.59 Å². The molecule has 6 heteroatoms. The van der Waals surface area contributed by atoms with Crippen molar-refractivity contribution in [3.05, 3.63) is 65.2 Å². The van der Waals surface area contributed by atoms with E-state index >= 15 is 0 Å². The van der Waals surface area contributed by atoms with E-state index in [1.807, 2.05) is 48.5 Å². The largest absolute Gasteiger partial charge is 0.497 e. The maximum absolute atomic E-state index is 13.5. The molecular formula is C27H35N3O3. The number of hydrogen-bond donors (Lipinski definition) is 1. The van der Waals surface area contributed by atoms with Gasteiger partial charge in [0.25, 0.3) is 5.91 Å². The van der Waals surface area contributed by atoms with E-state index in [4.69, 9.17) is 4.74 Å². The highest BCUT2D eigenvalue weighted by molar-refractivity contribution is 6.01. The van der Waals surface area contributed by atoms with E-state index in [0.717, 1.165) is 48.8 Å². The minimum absolute atomic E-state index is 0.0325. The summed E-state index contributed by atoms with van der Waals surface area (Å²) in [5, 5.41) is 3.17. The number of ether oxygens (including phenoxy) is 1. The molecule has 6 nitrogen and oxygen atoms in total. The predicted molar refractivity (Wildman–Crippen MR) is 129 cm³/mol. The zero-order valence-corrected chi connectivity index (χ0v) is 19.9. The Labute approximate surface area is 196 Å². The van der Waals surface area contributed by atoms with E-state index in [1.54, 1.807) is 19.1 Å². The summed E-state index contributed by atoms with van der Waals surface area (Å²) in [5.74, 6) is 1.01. The molecule has 1 saturated heterocycles. The number of amides is 2. The van der Waals surface area contributed by atoms with Crippen molar-refractivity contribution < 1.29 is 14.3 Å². The lowest BCUT2D eigenvalue weighted by atomic mass is 9.79. The van der Waals surface area contributed by atoms with Gasteiger partial charge in [-0.3, -0.25) is 9.59 Å². The summed E-state index contributed by atoms with van der Waals surface area (Å²) in [4.78, 5) is 30.8. The zero-order chi connectivity index (χ0) is 23.4. The smallest absolute Gasteiger partial charge is 0.254 e. The monoisotopic (exact) mass is 449 g/mol. The van der Waals surface area contributed by atoms with E-state index in [-0.39, 0.29) is 17.9 Å². The van der Waals surface area contributed by atoms with Gasteiger partial charge in [0.15, 0.2) is 0 Å². The second-order valence-electron chi connectivity index (χ2n) is 9.37. The van der Waals surface area contributed by atoms with Crippen LogP contribution in [0.2, 0.25) is 0 Å². The molecule has 4 rings (SSSR count). The van der Waals surface area contributed by atoms with Crippen molar-refractivity contribution in [2.24, 2.45) is 5.92 Å². The summed E-state index contributed by atoms with van der Waals surface area (Å²) in [6.45, 7) is 6.26. The highest BCUT2D eigenvalue weighted by atomic mass is 16.5. The number of nitrogens with zero attached hydrogens (tertiary/aromatic N) is 2. The Bertz CT molecular complexity index is 967. The van der Waals surface area contributed by atoms with Gasteiger partial charge in [0, 0.05) is 19.2 Å². The van der Waals surface area contributed by atoms with Gasteiger partial charge in [0.2, 0.25) is 5.91 Å². The number of likely N-dealkylation sites (N-methyl/N-ethyl adjacent to an activating group) is 1. The van der Waals surface area contributed by atoms with Crippen molar-refractivity contribution >= 4 is 11.8 Å². The third kappa shape index (κ3) is 5.06. The minimum Gasteiger partial charge on any atom is -0.497 e. The molecule has 0 bridgehead atoms. The summed E-state index contributed by atoms with van der Waals surface area (Å²) in [6.07, 6.45) is 3.45. The number of nitrogens with one attached hydrogen (secondary N) is 1. The first kappa shape index (κ1) is 23.3. The molecule has 0 aromatic heterocycles. The van der Waals surface area contributed by atoms with Crippen molar-refractivity contribution in [1.29, 1.82) is 0 Å². The maximum Gasteiger partial charge on any atom is 0.254 e. The molecule has 0 spiro atoms. The lowest BCUT2D eigenvalue weighted by Crippen LogP contribution is -2.46. The highest BCUT2D eigenvalue weighted by Crippen LogP contribution is 2.42. The SMILES string of the molecule is COc1ccc([C@H]2[C@@H](C(=O)NCCCN3CCC(C)CC3)c3ccccc3C(=O)N2C)cc1. The molecule has 0 unspecified atom stereocenters. The molecule has 0 radical (unpaired) electrons. The van der Waals surface area contributed by atoms with E-state index in [0.29, 0.717) is 12.1 Å². The van der Waals surface area contributed by atoms with Crippen LogP contribution in [0.15, 0.2) is 48.5 Å². The van der Waals surface area contributed by atoms with Crippen molar-refractivity contribution in [2.75, 3.05) is 40.3 Å². The molecule has 33 heavy (non-hydrogen) atoms. The topological polar surface area (TPSA) is 61.9 Å². The normalized spacial score (nSPS) is 21.5. The molecule has 2 aromatic carbocycles. The number of hydrogen-bond acceptors (Lipinski definition) is 4. The second kappa shape index (κ2) is 10.4. The highest BCUT2D eigenvalue weighted by Gasteiger charge is 2.42. The van der Waals surface area contributed by atoms with Crippen LogP contribution < -0.4 is 10.1 Å². The van der Waals surface area contributed by atoms with Gasteiger partial charge < -0.3 is 19.9 Å². The van der Waals surface area contributed by atoms with Crippen LogP contribution in [0.1, 0.15) is 59.6 Å². The quantitative estimate of drug-likeness (QED) is 0.653. The molecule has 2 atom stereocenters. The van der Waals surface area contributed by atoms with E-state index < -0.39 is 5.92 Å². The average molecular weight is 450 g/mol. The van der Waals surface area contributed by atoms with Crippen LogP contribution in [0.3, 0.4) is 0 Å². The Morgan fingerprint density at radius 1 is 1.09 bits per heavy atom. The van der Waals surface area contributed by atoms with Gasteiger partial charge >= 0.3 is 0 Å². The fraction of sp³-hybridized carbons (Fsp3) is 0.481. The summed E-state index contributed by atoms with van der Waals surface area (Å²) in [7, 11) is 3.41. The molecular weight excluding hydrogens is 414 g/mol. The zero-order valence-electron chi connectivity index (χ0n) is 19.9. The molecule has 2 aromatic rings. The molecule has 0 saturated carbocycles. The van der Waals surface area contributed by atoms with E-state index in [1.165, 1.54) is 12.8 Å². The molecule has 1 N–H and O–H groups in total. The number of carbonyl (C=O) groups excluding carboxylic acids is 2.